The molecule has 0 heterocycles. The number of alkyl halides is 6. The zero-order valence-corrected chi connectivity index (χ0v) is 11.8. The van der Waals surface area contributed by atoms with Gasteiger partial charge in [0.05, 0.1) is 5.75 Å². The van der Waals surface area contributed by atoms with Crippen molar-refractivity contribution in [2.24, 2.45) is 0 Å². The Morgan fingerprint density at radius 1 is 0.909 bits per heavy atom. The van der Waals surface area contributed by atoms with Gasteiger partial charge in [-0.15, -0.1) is 0 Å². The molecule has 0 saturated heterocycles. The van der Waals surface area contributed by atoms with Crippen LogP contribution in [-0.4, -0.2) is 27.9 Å². The molecule has 0 atom stereocenters. The largest absolute Gasteiger partial charge is 0.534 e. The first kappa shape index (κ1) is 18.5. The minimum atomic E-state index is -6.01. The van der Waals surface area contributed by atoms with E-state index in [4.69, 9.17) is 0 Å². The van der Waals surface area contributed by atoms with Crippen LogP contribution in [0.2, 0.25) is 0 Å². The van der Waals surface area contributed by atoms with Gasteiger partial charge in [0.15, 0.2) is 0 Å². The molecule has 126 valence electrons. The second kappa shape index (κ2) is 5.61. The van der Waals surface area contributed by atoms with Crippen molar-refractivity contribution in [3.8, 4) is 5.75 Å². The van der Waals surface area contributed by atoms with Gasteiger partial charge in [-0.3, -0.25) is 0 Å². The lowest BCUT2D eigenvalue weighted by molar-refractivity contribution is -0.0500. The van der Waals surface area contributed by atoms with Gasteiger partial charge in [-0.1, -0.05) is 12.1 Å². The summed E-state index contributed by atoms with van der Waals surface area (Å²) in [4.78, 5) is 0. The van der Waals surface area contributed by atoms with E-state index in [0.717, 1.165) is 12.1 Å². The fourth-order valence-corrected chi connectivity index (χ4v) is 2.40. The van der Waals surface area contributed by atoms with E-state index in [2.05, 4.69) is 4.18 Å². The Morgan fingerprint density at radius 3 is 1.91 bits per heavy atom. The second-order valence-corrected chi connectivity index (χ2v) is 7.35. The molecule has 0 aliphatic rings. The maximum atomic E-state index is 12.2. The SMILES string of the molecule is O=S(=O)(Cc1cccc(OS(=O)(=O)C(F)(F)F)c1)C(F)(F)F. The molecule has 0 N–H and O–H groups in total. The van der Waals surface area contributed by atoms with Crippen LogP contribution in [0.15, 0.2) is 24.3 Å². The van der Waals surface area contributed by atoms with Crippen LogP contribution in [0, 0.1) is 0 Å². The molecule has 1 aromatic rings. The van der Waals surface area contributed by atoms with Gasteiger partial charge in [-0.25, -0.2) is 8.42 Å². The summed E-state index contributed by atoms with van der Waals surface area (Å²) in [6, 6.07) is 2.87. The minimum absolute atomic E-state index is 0.451. The molecule has 0 aliphatic carbocycles. The highest BCUT2D eigenvalue weighted by molar-refractivity contribution is 7.91. The summed E-state index contributed by atoms with van der Waals surface area (Å²) >= 11 is 0. The average Bonchev–Trinajstić information content (AvgIpc) is 2.24. The van der Waals surface area contributed by atoms with Gasteiger partial charge in [-0.2, -0.15) is 34.8 Å². The van der Waals surface area contributed by atoms with Crippen LogP contribution in [0.5, 0.6) is 5.75 Å². The monoisotopic (exact) mass is 372 g/mol. The molecule has 22 heavy (non-hydrogen) atoms. The Morgan fingerprint density at radius 2 is 1.45 bits per heavy atom. The van der Waals surface area contributed by atoms with Gasteiger partial charge in [0, 0.05) is 0 Å². The fourth-order valence-electron chi connectivity index (χ4n) is 1.16. The molecule has 0 fully saturated rings. The first-order valence-electron chi connectivity index (χ1n) is 5.04. The van der Waals surface area contributed by atoms with Gasteiger partial charge >= 0.3 is 21.1 Å². The van der Waals surface area contributed by atoms with E-state index in [-0.39, 0.29) is 0 Å². The number of rotatable bonds is 4. The van der Waals surface area contributed by atoms with Crippen molar-refractivity contribution in [3.63, 3.8) is 0 Å². The van der Waals surface area contributed by atoms with Gasteiger partial charge in [-0.05, 0) is 17.7 Å². The van der Waals surface area contributed by atoms with E-state index in [9.17, 15) is 43.2 Å². The molecular weight excluding hydrogens is 366 g/mol. The van der Waals surface area contributed by atoms with Gasteiger partial charge in [0.2, 0.25) is 0 Å². The van der Waals surface area contributed by atoms with Crippen LogP contribution in [0.25, 0.3) is 0 Å². The molecule has 13 heteroatoms. The van der Waals surface area contributed by atoms with E-state index >= 15 is 0 Å². The van der Waals surface area contributed by atoms with Crippen LogP contribution < -0.4 is 4.18 Å². The summed E-state index contributed by atoms with van der Waals surface area (Å²) in [6.45, 7) is 0. The molecule has 0 amide bonds. The Labute approximate surface area is 120 Å². The normalized spacial score (nSPS) is 13.9. The number of halogens is 6. The Bertz CT molecular complexity index is 686. The molecule has 0 bridgehead atoms. The Kier molecular flexibility index (Phi) is 4.73. The van der Waals surface area contributed by atoms with Crippen molar-refractivity contribution >= 4 is 20.0 Å². The number of sulfone groups is 1. The lowest BCUT2D eigenvalue weighted by atomic mass is 10.2. The lowest BCUT2D eigenvalue weighted by Crippen LogP contribution is -2.28. The third kappa shape index (κ3) is 4.25. The molecule has 0 radical (unpaired) electrons. The maximum Gasteiger partial charge on any atom is 0.534 e. The topological polar surface area (TPSA) is 77.5 Å². The first-order chi connectivity index (χ1) is 9.66. The molecule has 5 nitrogen and oxygen atoms in total. The zero-order chi connectivity index (χ0) is 17.4. The zero-order valence-electron chi connectivity index (χ0n) is 10.1. The smallest absolute Gasteiger partial charge is 0.376 e. The van der Waals surface area contributed by atoms with Crippen LogP contribution >= 0.6 is 0 Å². The van der Waals surface area contributed by atoms with E-state index in [1.165, 1.54) is 0 Å². The standard InChI is InChI=1S/C9H6F6O5S2/c10-8(11,12)21(16,17)5-6-2-1-3-7(4-6)20-22(18,19)9(13,14)15/h1-4H,5H2. The Hall–Kier alpha value is -1.50. The maximum absolute atomic E-state index is 12.2. The predicted octanol–water partition coefficient (Wildman–Crippen LogP) is 2.35. The summed E-state index contributed by atoms with van der Waals surface area (Å²) in [5.74, 6) is -2.54. The van der Waals surface area contributed by atoms with Crippen LogP contribution in [0.4, 0.5) is 26.3 Å². The van der Waals surface area contributed by atoms with Crippen LogP contribution in [0.1, 0.15) is 5.56 Å². The van der Waals surface area contributed by atoms with E-state index in [1.54, 1.807) is 0 Å². The molecule has 0 aromatic heterocycles. The molecule has 0 saturated carbocycles. The van der Waals surface area contributed by atoms with E-state index in [1.807, 2.05) is 0 Å². The molecule has 0 spiro atoms. The lowest BCUT2D eigenvalue weighted by Gasteiger charge is -2.11. The van der Waals surface area contributed by atoms with Crippen molar-refractivity contribution in [2.75, 3.05) is 0 Å². The number of hydrogen-bond acceptors (Lipinski definition) is 5. The Balaban J connectivity index is 3.08. The minimum Gasteiger partial charge on any atom is -0.376 e. The number of hydrogen-bond donors (Lipinski definition) is 0. The third-order valence-corrected chi connectivity index (χ3v) is 4.49. The summed E-state index contributed by atoms with van der Waals surface area (Å²) in [6.07, 6.45) is 0. The van der Waals surface area contributed by atoms with Crippen molar-refractivity contribution in [1.29, 1.82) is 0 Å². The summed E-state index contributed by atoms with van der Waals surface area (Å²) < 4.78 is 120. The van der Waals surface area contributed by atoms with E-state index in [0.29, 0.717) is 12.1 Å². The molecule has 1 rings (SSSR count). The van der Waals surface area contributed by atoms with Crippen molar-refractivity contribution in [3.05, 3.63) is 29.8 Å². The third-order valence-electron chi connectivity index (χ3n) is 2.10. The average molecular weight is 372 g/mol. The van der Waals surface area contributed by atoms with E-state index < -0.39 is 48.0 Å². The first-order valence-corrected chi connectivity index (χ1v) is 8.10. The highest BCUT2D eigenvalue weighted by Crippen LogP contribution is 2.30. The highest BCUT2D eigenvalue weighted by atomic mass is 32.2. The van der Waals surface area contributed by atoms with Crippen LogP contribution in [-0.2, 0) is 25.7 Å². The quantitative estimate of drug-likeness (QED) is 0.461. The summed E-state index contributed by atoms with van der Waals surface area (Å²) in [5.41, 5.74) is -11.9. The van der Waals surface area contributed by atoms with Gasteiger partial charge in [0.1, 0.15) is 5.75 Å². The molecule has 0 aliphatic heterocycles. The van der Waals surface area contributed by atoms with Crippen LogP contribution in [0.3, 0.4) is 0 Å². The fraction of sp³-hybridized carbons (Fsp3) is 0.333. The number of benzene rings is 1. The predicted molar refractivity (Wildman–Crippen MR) is 60.7 cm³/mol. The highest BCUT2D eigenvalue weighted by Gasteiger charge is 2.49. The summed E-state index contributed by atoms with van der Waals surface area (Å²) in [5, 5.41) is 0. The van der Waals surface area contributed by atoms with Crippen molar-refractivity contribution in [2.45, 2.75) is 16.8 Å². The second-order valence-electron chi connectivity index (χ2n) is 3.84. The van der Waals surface area contributed by atoms with Crippen molar-refractivity contribution < 1.29 is 47.4 Å². The summed E-state index contributed by atoms with van der Waals surface area (Å²) in [7, 11) is -11.6. The molecular formula is C9H6F6O5S2. The van der Waals surface area contributed by atoms with Crippen molar-refractivity contribution in [1.82, 2.24) is 0 Å². The molecule has 1 aromatic carbocycles. The molecule has 0 unspecified atom stereocenters. The van der Waals surface area contributed by atoms with Gasteiger partial charge < -0.3 is 4.18 Å². The van der Waals surface area contributed by atoms with Gasteiger partial charge in [0.25, 0.3) is 9.84 Å².